The van der Waals surface area contributed by atoms with Gasteiger partial charge < -0.3 is 5.73 Å². The minimum atomic E-state index is 0.593. The Morgan fingerprint density at radius 2 is 2.06 bits per heavy atom. The standard InChI is InChI=1S/C15H21N3/c1-4-5-15-14(10-18(3)17-15)13-7-6-12(9-16)8-11(13)2/h6-8,10H,4-5,9,16H2,1-3H3. The monoisotopic (exact) mass is 243 g/mol. The van der Waals surface area contributed by atoms with Gasteiger partial charge in [0.05, 0.1) is 5.69 Å². The molecule has 18 heavy (non-hydrogen) atoms. The largest absolute Gasteiger partial charge is 0.326 e. The van der Waals surface area contributed by atoms with Crippen molar-refractivity contribution >= 4 is 0 Å². The van der Waals surface area contributed by atoms with E-state index in [9.17, 15) is 0 Å². The van der Waals surface area contributed by atoms with Crippen LogP contribution in [0.2, 0.25) is 0 Å². The molecule has 0 saturated heterocycles. The maximum absolute atomic E-state index is 5.67. The molecule has 0 radical (unpaired) electrons. The highest BCUT2D eigenvalue weighted by Crippen LogP contribution is 2.27. The summed E-state index contributed by atoms with van der Waals surface area (Å²) in [6, 6.07) is 6.43. The maximum atomic E-state index is 5.67. The normalized spacial score (nSPS) is 10.9. The second kappa shape index (κ2) is 5.36. The molecule has 0 unspecified atom stereocenters. The van der Waals surface area contributed by atoms with Crippen molar-refractivity contribution in [3.05, 3.63) is 41.2 Å². The van der Waals surface area contributed by atoms with Crippen molar-refractivity contribution in [3.8, 4) is 11.1 Å². The summed E-state index contributed by atoms with van der Waals surface area (Å²) in [6.45, 7) is 4.91. The van der Waals surface area contributed by atoms with E-state index in [0.29, 0.717) is 6.54 Å². The molecule has 2 N–H and O–H groups in total. The average Bonchev–Trinajstić information content (AvgIpc) is 2.70. The van der Waals surface area contributed by atoms with Gasteiger partial charge in [0.25, 0.3) is 0 Å². The highest BCUT2D eigenvalue weighted by Gasteiger charge is 2.11. The Hall–Kier alpha value is -1.61. The maximum Gasteiger partial charge on any atom is 0.0702 e. The summed E-state index contributed by atoms with van der Waals surface area (Å²) < 4.78 is 1.90. The fraction of sp³-hybridized carbons (Fsp3) is 0.400. The van der Waals surface area contributed by atoms with E-state index in [2.05, 4.69) is 43.3 Å². The van der Waals surface area contributed by atoms with Gasteiger partial charge >= 0.3 is 0 Å². The van der Waals surface area contributed by atoms with Crippen LogP contribution in [0.3, 0.4) is 0 Å². The van der Waals surface area contributed by atoms with Crippen LogP contribution in [0.4, 0.5) is 0 Å². The van der Waals surface area contributed by atoms with E-state index in [-0.39, 0.29) is 0 Å². The third-order valence-corrected chi connectivity index (χ3v) is 3.21. The summed E-state index contributed by atoms with van der Waals surface area (Å²) in [5, 5.41) is 4.55. The number of rotatable bonds is 4. The molecule has 2 rings (SSSR count). The number of nitrogens with zero attached hydrogens (tertiary/aromatic N) is 2. The SMILES string of the molecule is CCCc1nn(C)cc1-c1ccc(CN)cc1C. The zero-order valence-corrected chi connectivity index (χ0v) is 11.4. The van der Waals surface area contributed by atoms with Crippen molar-refractivity contribution in [1.29, 1.82) is 0 Å². The Balaban J connectivity index is 2.47. The fourth-order valence-electron chi connectivity index (χ4n) is 2.34. The van der Waals surface area contributed by atoms with Gasteiger partial charge in [-0.15, -0.1) is 0 Å². The van der Waals surface area contributed by atoms with Crippen molar-refractivity contribution in [1.82, 2.24) is 9.78 Å². The second-order valence-corrected chi connectivity index (χ2v) is 4.77. The van der Waals surface area contributed by atoms with Gasteiger partial charge in [-0.05, 0) is 30.0 Å². The number of hydrogen-bond donors (Lipinski definition) is 1. The molecule has 3 nitrogen and oxygen atoms in total. The van der Waals surface area contributed by atoms with Crippen LogP contribution in [-0.4, -0.2) is 9.78 Å². The molecule has 0 aliphatic rings. The first-order valence-electron chi connectivity index (χ1n) is 6.48. The van der Waals surface area contributed by atoms with Crippen LogP contribution in [0.5, 0.6) is 0 Å². The predicted octanol–water partition coefficient (Wildman–Crippen LogP) is 2.81. The molecule has 0 aliphatic carbocycles. The first-order valence-corrected chi connectivity index (χ1v) is 6.48. The van der Waals surface area contributed by atoms with Gasteiger partial charge in [0, 0.05) is 25.4 Å². The zero-order valence-electron chi connectivity index (χ0n) is 11.4. The minimum absolute atomic E-state index is 0.593. The lowest BCUT2D eigenvalue weighted by molar-refractivity contribution is 0.733. The molecule has 0 atom stereocenters. The topological polar surface area (TPSA) is 43.8 Å². The molecule has 0 saturated carbocycles. The Morgan fingerprint density at radius 1 is 1.28 bits per heavy atom. The summed E-state index contributed by atoms with van der Waals surface area (Å²) in [4.78, 5) is 0. The second-order valence-electron chi connectivity index (χ2n) is 4.77. The summed E-state index contributed by atoms with van der Waals surface area (Å²) in [7, 11) is 1.98. The van der Waals surface area contributed by atoms with Crippen LogP contribution in [0.1, 0.15) is 30.2 Å². The smallest absolute Gasteiger partial charge is 0.0702 e. The molecule has 0 spiro atoms. The Bertz CT molecular complexity index is 541. The fourth-order valence-corrected chi connectivity index (χ4v) is 2.34. The van der Waals surface area contributed by atoms with Crippen LogP contribution in [0, 0.1) is 6.92 Å². The molecule has 1 aromatic heterocycles. The average molecular weight is 243 g/mol. The Kier molecular flexibility index (Phi) is 3.82. The van der Waals surface area contributed by atoms with Crippen LogP contribution >= 0.6 is 0 Å². The van der Waals surface area contributed by atoms with E-state index in [0.717, 1.165) is 12.8 Å². The van der Waals surface area contributed by atoms with Crippen LogP contribution < -0.4 is 5.73 Å². The summed E-state index contributed by atoms with van der Waals surface area (Å²) in [5.74, 6) is 0. The summed E-state index contributed by atoms with van der Waals surface area (Å²) >= 11 is 0. The number of hydrogen-bond acceptors (Lipinski definition) is 2. The van der Waals surface area contributed by atoms with E-state index >= 15 is 0 Å². The molecular weight excluding hydrogens is 222 g/mol. The lowest BCUT2D eigenvalue weighted by atomic mass is 9.97. The van der Waals surface area contributed by atoms with E-state index in [1.165, 1.54) is 27.9 Å². The third kappa shape index (κ3) is 2.46. The van der Waals surface area contributed by atoms with Crippen LogP contribution in [0.25, 0.3) is 11.1 Å². The predicted molar refractivity (Wildman–Crippen MR) is 75.3 cm³/mol. The first-order chi connectivity index (χ1) is 8.65. The van der Waals surface area contributed by atoms with Crippen LogP contribution in [0.15, 0.2) is 24.4 Å². The van der Waals surface area contributed by atoms with Crippen molar-refractivity contribution in [2.75, 3.05) is 0 Å². The molecule has 3 heteroatoms. The molecule has 1 aromatic carbocycles. The first kappa shape index (κ1) is 12.8. The molecule has 0 fully saturated rings. The third-order valence-electron chi connectivity index (χ3n) is 3.21. The Morgan fingerprint density at radius 3 is 2.67 bits per heavy atom. The number of aromatic nitrogens is 2. The molecule has 96 valence electrons. The van der Waals surface area contributed by atoms with Crippen molar-refractivity contribution in [2.45, 2.75) is 33.2 Å². The highest BCUT2D eigenvalue weighted by molar-refractivity contribution is 5.69. The number of aryl methyl sites for hydroxylation is 3. The summed E-state index contributed by atoms with van der Waals surface area (Å²) in [5.41, 5.74) is 11.8. The van der Waals surface area contributed by atoms with Gasteiger partial charge in [-0.1, -0.05) is 31.5 Å². The zero-order chi connectivity index (χ0) is 13.1. The molecular formula is C15H21N3. The van der Waals surface area contributed by atoms with Gasteiger partial charge in [0.15, 0.2) is 0 Å². The van der Waals surface area contributed by atoms with Gasteiger partial charge in [0.2, 0.25) is 0 Å². The van der Waals surface area contributed by atoms with Gasteiger partial charge in [0.1, 0.15) is 0 Å². The van der Waals surface area contributed by atoms with Gasteiger partial charge in [-0.25, -0.2) is 0 Å². The van der Waals surface area contributed by atoms with Gasteiger partial charge in [-0.2, -0.15) is 5.10 Å². The number of benzene rings is 1. The Labute approximate surface area is 109 Å². The van der Waals surface area contributed by atoms with Crippen LogP contribution in [-0.2, 0) is 20.0 Å². The lowest BCUT2D eigenvalue weighted by Gasteiger charge is -2.07. The number of nitrogens with two attached hydrogens (primary N) is 1. The molecule has 0 amide bonds. The van der Waals surface area contributed by atoms with Gasteiger partial charge in [-0.3, -0.25) is 4.68 Å². The molecule has 1 heterocycles. The molecule has 2 aromatic rings. The van der Waals surface area contributed by atoms with Crippen molar-refractivity contribution in [3.63, 3.8) is 0 Å². The highest BCUT2D eigenvalue weighted by atomic mass is 15.2. The van der Waals surface area contributed by atoms with E-state index in [4.69, 9.17) is 5.73 Å². The molecule has 0 bridgehead atoms. The van der Waals surface area contributed by atoms with E-state index < -0.39 is 0 Å². The van der Waals surface area contributed by atoms with Crippen molar-refractivity contribution in [2.24, 2.45) is 12.8 Å². The lowest BCUT2D eigenvalue weighted by Crippen LogP contribution is -1.97. The molecule has 0 aliphatic heterocycles. The van der Waals surface area contributed by atoms with E-state index in [1.807, 2.05) is 11.7 Å². The summed E-state index contributed by atoms with van der Waals surface area (Å²) in [6.07, 6.45) is 4.24. The quantitative estimate of drug-likeness (QED) is 0.897. The van der Waals surface area contributed by atoms with E-state index in [1.54, 1.807) is 0 Å². The van der Waals surface area contributed by atoms with Crippen molar-refractivity contribution < 1.29 is 0 Å². The minimum Gasteiger partial charge on any atom is -0.326 e.